The van der Waals surface area contributed by atoms with Crippen LogP contribution in [0, 0.1) is 0 Å². The summed E-state index contributed by atoms with van der Waals surface area (Å²) < 4.78 is 11.2. The first-order chi connectivity index (χ1) is 23.2. The van der Waals surface area contributed by atoms with Crippen molar-refractivity contribution in [3.8, 4) is 0 Å². The zero-order valence-electron chi connectivity index (χ0n) is 27.5. The number of aliphatic hydroxyl groups excluding tert-OH is 1. The minimum atomic E-state index is -0.946. The lowest BCUT2D eigenvalue weighted by molar-refractivity contribution is -0.145. The Balaban J connectivity index is 1.41. The number of benzene rings is 4. The number of nitrogens with zero attached hydrogens (tertiary/aromatic N) is 1. The van der Waals surface area contributed by atoms with E-state index in [4.69, 9.17) is 14.5 Å². The van der Waals surface area contributed by atoms with Gasteiger partial charge in [0.25, 0.3) is 0 Å². The molecular weight excluding hydrogens is 608 g/mol. The summed E-state index contributed by atoms with van der Waals surface area (Å²) in [6.45, 7) is 7.53. The monoisotopic (exact) mass is 646 g/mol. The van der Waals surface area contributed by atoms with Gasteiger partial charge in [-0.05, 0) is 35.7 Å². The number of carbonyl (C=O) groups excluding carboxylic acids is 3. The molecular formula is C38H38N4O6. The second kappa shape index (κ2) is 11.7. The predicted molar refractivity (Wildman–Crippen MR) is 186 cm³/mol. The molecule has 0 aromatic heterocycles. The number of anilines is 3. The first-order valence-corrected chi connectivity index (χ1v) is 16.5. The fourth-order valence-electron chi connectivity index (χ4n) is 6.82. The molecule has 7 rings (SSSR count). The average Bonchev–Trinajstić information content (AvgIpc) is 3.11. The maximum atomic E-state index is 14.3. The van der Waals surface area contributed by atoms with Crippen molar-refractivity contribution in [1.29, 1.82) is 0 Å². The van der Waals surface area contributed by atoms with Crippen LogP contribution in [0.5, 0.6) is 0 Å². The van der Waals surface area contributed by atoms with Crippen LogP contribution in [0.25, 0.3) is 32.7 Å². The Labute approximate surface area is 277 Å². The van der Waals surface area contributed by atoms with E-state index in [0.717, 1.165) is 32.9 Å². The number of ether oxygens (including phenoxy) is 2. The maximum Gasteiger partial charge on any atom is 0.305 e. The van der Waals surface area contributed by atoms with Crippen molar-refractivity contribution >= 4 is 67.5 Å². The molecule has 0 bridgehead atoms. The molecule has 2 atom stereocenters. The van der Waals surface area contributed by atoms with Crippen molar-refractivity contribution in [2.75, 3.05) is 29.2 Å². The molecule has 3 aliphatic rings. The lowest BCUT2D eigenvalue weighted by Crippen LogP contribution is -2.52. The zero-order chi connectivity index (χ0) is 33.8. The van der Waals surface area contributed by atoms with Crippen molar-refractivity contribution in [3.63, 3.8) is 0 Å². The van der Waals surface area contributed by atoms with Crippen LogP contribution in [0.15, 0.2) is 71.4 Å². The molecule has 2 heterocycles. The quantitative estimate of drug-likeness (QED) is 0.169. The number of hydrogen-bond donors (Lipinski definition) is 4. The first-order valence-electron chi connectivity index (χ1n) is 16.5. The molecule has 2 aliphatic heterocycles. The first kappa shape index (κ1) is 31.2. The predicted octanol–water partition coefficient (Wildman–Crippen LogP) is 5.70. The fourth-order valence-corrected chi connectivity index (χ4v) is 6.82. The highest BCUT2D eigenvalue weighted by Gasteiger charge is 2.41. The van der Waals surface area contributed by atoms with Crippen molar-refractivity contribution in [1.82, 2.24) is 0 Å². The van der Waals surface area contributed by atoms with Gasteiger partial charge in [-0.3, -0.25) is 19.4 Å². The molecule has 246 valence electrons. The second-order valence-electron chi connectivity index (χ2n) is 12.5. The van der Waals surface area contributed by atoms with Crippen molar-refractivity contribution in [2.45, 2.75) is 64.7 Å². The third-order valence-electron chi connectivity index (χ3n) is 9.68. The Hall–Kier alpha value is -5.38. The van der Waals surface area contributed by atoms with E-state index in [1.54, 1.807) is 13.8 Å². The van der Waals surface area contributed by atoms with E-state index in [1.807, 2.05) is 74.5 Å². The van der Waals surface area contributed by atoms with Gasteiger partial charge in [-0.2, -0.15) is 0 Å². The Morgan fingerprint density at radius 3 is 2.04 bits per heavy atom. The summed E-state index contributed by atoms with van der Waals surface area (Å²) in [5.41, 5.74) is 1.51. The third-order valence-corrected chi connectivity index (χ3v) is 9.68. The normalized spacial score (nSPS) is 21.9. The van der Waals surface area contributed by atoms with Crippen LogP contribution in [0.4, 0.5) is 17.1 Å². The number of ketones is 1. The maximum absolute atomic E-state index is 14.3. The van der Waals surface area contributed by atoms with Crippen LogP contribution >= 0.6 is 0 Å². The number of esters is 2. The molecule has 0 amide bonds. The summed E-state index contributed by atoms with van der Waals surface area (Å²) in [6, 6.07) is 19.3. The van der Waals surface area contributed by atoms with E-state index in [9.17, 15) is 19.5 Å². The molecule has 0 fully saturated rings. The SMILES string of the molecule is CCC(=O)OCC1(CC)N=c2/c(=C3\C(=O)C(c4ccc5cccc6c5c4NC(CC)(COC(=O)CC)N6)=C3O)ccc3cccc(c23)N1. The molecule has 48 heavy (non-hydrogen) atoms. The Kier molecular flexibility index (Phi) is 7.61. The summed E-state index contributed by atoms with van der Waals surface area (Å²) in [7, 11) is 0. The van der Waals surface area contributed by atoms with E-state index >= 15 is 0 Å². The van der Waals surface area contributed by atoms with Crippen molar-refractivity contribution in [3.05, 3.63) is 82.6 Å². The minimum Gasteiger partial charge on any atom is -0.506 e. The van der Waals surface area contributed by atoms with Gasteiger partial charge in [-0.15, -0.1) is 0 Å². The molecule has 0 radical (unpaired) electrons. The molecule has 4 aromatic rings. The largest absolute Gasteiger partial charge is 0.506 e. The van der Waals surface area contributed by atoms with Crippen LogP contribution < -0.4 is 26.5 Å². The minimum absolute atomic E-state index is 0.0198. The van der Waals surface area contributed by atoms with Crippen LogP contribution in [-0.4, -0.2) is 47.4 Å². The van der Waals surface area contributed by atoms with Gasteiger partial charge in [0.1, 0.15) is 24.6 Å². The van der Waals surface area contributed by atoms with Crippen molar-refractivity contribution in [2.24, 2.45) is 4.99 Å². The molecule has 4 N–H and O–H groups in total. The topological polar surface area (TPSA) is 138 Å². The third kappa shape index (κ3) is 4.85. The van der Waals surface area contributed by atoms with Gasteiger partial charge in [0, 0.05) is 45.8 Å². The number of aliphatic hydroxyl groups is 1. The van der Waals surface area contributed by atoms with Gasteiger partial charge < -0.3 is 30.5 Å². The number of nitrogens with one attached hydrogen (secondary N) is 3. The second-order valence-corrected chi connectivity index (χ2v) is 12.5. The van der Waals surface area contributed by atoms with E-state index in [-0.39, 0.29) is 60.7 Å². The number of rotatable bonds is 9. The van der Waals surface area contributed by atoms with E-state index in [2.05, 4.69) is 16.0 Å². The number of hydrogen-bond acceptors (Lipinski definition) is 10. The molecule has 1 aliphatic carbocycles. The highest BCUT2D eigenvalue weighted by atomic mass is 16.5. The van der Waals surface area contributed by atoms with Gasteiger partial charge in [0.05, 0.1) is 22.2 Å². The lowest BCUT2D eigenvalue weighted by Gasteiger charge is -2.41. The summed E-state index contributed by atoms with van der Waals surface area (Å²) in [6.07, 6.45) is 1.59. The van der Waals surface area contributed by atoms with Gasteiger partial charge in [-0.1, -0.05) is 76.2 Å². The highest BCUT2D eigenvalue weighted by Crippen LogP contribution is 2.47. The van der Waals surface area contributed by atoms with Crippen molar-refractivity contribution < 1.29 is 29.0 Å². The van der Waals surface area contributed by atoms with Gasteiger partial charge in [-0.25, -0.2) is 0 Å². The molecule has 2 unspecified atom stereocenters. The Morgan fingerprint density at radius 1 is 0.750 bits per heavy atom. The molecule has 0 saturated carbocycles. The van der Waals surface area contributed by atoms with E-state index in [0.29, 0.717) is 34.7 Å². The van der Waals surface area contributed by atoms with Gasteiger partial charge in [0.15, 0.2) is 5.66 Å². The molecule has 10 nitrogen and oxygen atoms in total. The standard InChI is InChI=1S/C38H38N4O6/c1-5-27(43)47-19-37(7-3)39-25-13-9-11-21-15-17-23(33(41-37)29(21)25)31-35(45)32(36(31)46)24-18-16-22-12-10-14-26-30(22)34(24)42-38(8-4,40-26)20-48-28(44)6-2/h9-18,39-41,45H,5-8,19-20H2,1-4H3/b32-24-. The smallest absolute Gasteiger partial charge is 0.305 e. The summed E-state index contributed by atoms with van der Waals surface area (Å²) in [4.78, 5) is 43.6. The number of carbonyl (C=O) groups is 3. The number of Topliss-reactive ketones (excluding diaryl/α,β-unsaturated/α-hetero) is 1. The summed E-state index contributed by atoms with van der Waals surface area (Å²) >= 11 is 0. The Bertz CT molecular complexity index is 2210. The lowest BCUT2D eigenvalue weighted by atomic mass is 9.79. The van der Waals surface area contributed by atoms with Crippen LogP contribution in [0.3, 0.4) is 0 Å². The van der Waals surface area contributed by atoms with Gasteiger partial charge >= 0.3 is 11.9 Å². The van der Waals surface area contributed by atoms with Gasteiger partial charge in [0.2, 0.25) is 5.78 Å². The molecule has 4 aromatic carbocycles. The Morgan fingerprint density at radius 2 is 1.40 bits per heavy atom. The van der Waals surface area contributed by atoms with Crippen LogP contribution in [-0.2, 0) is 23.9 Å². The average molecular weight is 647 g/mol. The fraction of sp³-hybridized carbons (Fsp3) is 0.316. The van der Waals surface area contributed by atoms with E-state index in [1.165, 1.54) is 0 Å². The van der Waals surface area contributed by atoms with Crippen LogP contribution in [0.2, 0.25) is 0 Å². The molecule has 0 spiro atoms. The van der Waals surface area contributed by atoms with E-state index < -0.39 is 11.3 Å². The summed E-state index contributed by atoms with van der Waals surface area (Å²) in [5, 5.41) is 27.0. The summed E-state index contributed by atoms with van der Waals surface area (Å²) in [5.74, 6) is -1.06. The zero-order valence-corrected chi connectivity index (χ0v) is 27.5. The molecule has 10 heteroatoms. The molecule has 0 saturated heterocycles. The van der Waals surface area contributed by atoms with Crippen LogP contribution in [0.1, 0.15) is 58.9 Å². The highest BCUT2D eigenvalue weighted by molar-refractivity contribution is 6.52. The number of allylic oxidation sites excluding steroid dienone is 2.